The molecule has 4 N–H and O–H groups in total. The summed E-state index contributed by atoms with van der Waals surface area (Å²) in [5, 5.41) is 13.0. The number of allylic oxidation sites excluding steroid dienone is 1. The summed E-state index contributed by atoms with van der Waals surface area (Å²) in [5.74, 6) is -0.660. The Morgan fingerprint density at radius 3 is 2.42 bits per heavy atom. The van der Waals surface area contributed by atoms with Crippen LogP contribution in [0.2, 0.25) is 0 Å². The average Bonchev–Trinajstić information content (AvgIpc) is 2.71. The van der Waals surface area contributed by atoms with Crippen molar-refractivity contribution in [2.75, 3.05) is 17.2 Å². The van der Waals surface area contributed by atoms with Gasteiger partial charge < -0.3 is 26.0 Å². The first kappa shape index (κ1) is 22.6. The van der Waals surface area contributed by atoms with Crippen LogP contribution in [0.3, 0.4) is 0 Å². The molecule has 1 unspecified atom stereocenters. The Balaban J connectivity index is 1.73. The summed E-state index contributed by atoms with van der Waals surface area (Å²) in [6.45, 7) is 5.54. The van der Waals surface area contributed by atoms with Crippen molar-refractivity contribution < 1.29 is 13.9 Å². The number of ether oxygens (including phenoxy) is 1. The summed E-state index contributed by atoms with van der Waals surface area (Å²) in [6, 6.07) is 11.7. The van der Waals surface area contributed by atoms with Gasteiger partial charge in [0.05, 0.1) is 18.2 Å². The van der Waals surface area contributed by atoms with E-state index >= 15 is 0 Å². The third kappa shape index (κ3) is 5.56. The molecule has 0 amide bonds. The molecule has 3 rings (SSSR count). The third-order valence-electron chi connectivity index (χ3n) is 4.68. The van der Waals surface area contributed by atoms with Gasteiger partial charge in [0, 0.05) is 17.1 Å². The zero-order valence-electron chi connectivity index (χ0n) is 17.3. The van der Waals surface area contributed by atoms with E-state index in [1.54, 1.807) is 32.9 Å². The highest BCUT2D eigenvalue weighted by Gasteiger charge is 2.30. The Hall–Kier alpha value is -3.04. The second kappa shape index (κ2) is 9.84. The van der Waals surface area contributed by atoms with Gasteiger partial charge in [-0.25, -0.2) is 9.18 Å². The molecule has 0 aliphatic carbocycles. The number of aryl methyl sites for hydroxylation is 1. The monoisotopic (exact) mass is 458 g/mol. The lowest BCUT2D eigenvalue weighted by atomic mass is 9.95. The van der Waals surface area contributed by atoms with Crippen molar-refractivity contribution in [3.05, 3.63) is 70.7 Å². The molecular formula is C22H23FN4O2S2. The number of hydrogen-bond donors (Lipinski definition) is 4. The highest BCUT2D eigenvalue weighted by Crippen LogP contribution is 2.28. The second-order valence-electron chi connectivity index (χ2n) is 6.96. The zero-order valence-corrected chi connectivity index (χ0v) is 19.0. The molecule has 0 aromatic heterocycles. The second-order valence-corrected chi connectivity index (χ2v) is 7.77. The lowest BCUT2D eigenvalue weighted by molar-refractivity contribution is -0.139. The molecule has 31 heavy (non-hydrogen) atoms. The Bertz CT molecular complexity index is 1050. The van der Waals surface area contributed by atoms with Crippen LogP contribution in [0.5, 0.6) is 0 Å². The minimum atomic E-state index is -0.422. The quantitative estimate of drug-likeness (QED) is 0.391. The van der Waals surface area contributed by atoms with E-state index in [0.717, 1.165) is 11.3 Å². The number of anilines is 2. The molecule has 6 nitrogen and oxygen atoms in total. The van der Waals surface area contributed by atoms with E-state index in [1.165, 1.54) is 6.07 Å². The van der Waals surface area contributed by atoms with E-state index < -0.39 is 12.0 Å². The molecule has 1 heterocycles. The molecule has 0 bridgehead atoms. The summed E-state index contributed by atoms with van der Waals surface area (Å²) in [6.07, 6.45) is 0. The molecule has 2 aromatic rings. The summed E-state index contributed by atoms with van der Waals surface area (Å²) >= 11 is 10.6. The van der Waals surface area contributed by atoms with E-state index in [4.69, 9.17) is 29.2 Å². The van der Waals surface area contributed by atoms with Gasteiger partial charge >= 0.3 is 5.97 Å². The molecule has 162 valence electrons. The molecule has 1 aliphatic heterocycles. The van der Waals surface area contributed by atoms with Crippen molar-refractivity contribution in [3.63, 3.8) is 0 Å². The van der Waals surface area contributed by atoms with Crippen LogP contribution < -0.4 is 21.3 Å². The van der Waals surface area contributed by atoms with E-state index in [1.807, 2.05) is 24.3 Å². The van der Waals surface area contributed by atoms with Gasteiger partial charge in [0.1, 0.15) is 5.82 Å². The predicted octanol–water partition coefficient (Wildman–Crippen LogP) is 4.30. The van der Waals surface area contributed by atoms with E-state index in [-0.39, 0.29) is 12.4 Å². The van der Waals surface area contributed by atoms with Crippen LogP contribution in [-0.4, -0.2) is 22.8 Å². The number of hydrogen-bond acceptors (Lipinski definition) is 4. The van der Waals surface area contributed by atoms with Crippen LogP contribution in [0.15, 0.2) is 53.7 Å². The molecule has 1 aliphatic rings. The number of rotatable bonds is 5. The van der Waals surface area contributed by atoms with Crippen LogP contribution in [0, 0.1) is 12.7 Å². The van der Waals surface area contributed by atoms with Crippen molar-refractivity contribution in [2.45, 2.75) is 26.8 Å². The van der Waals surface area contributed by atoms with Gasteiger partial charge in [-0.05, 0) is 86.7 Å². The standard InChI is InChI=1S/C22H23FN4O2S2/c1-4-29-20(28)18-13(3)24-21(30)27-19(18)14-5-7-15(8-6-14)25-22(31)26-16-9-10-17(23)12(2)11-16/h5-11,19H,4H2,1-3H3,(H2,24,27,30)(H2,25,26,31). The van der Waals surface area contributed by atoms with E-state index in [9.17, 15) is 9.18 Å². The normalized spacial score (nSPS) is 15.6. The van der Waals surface area contributed by atoms with Crippen molar-refractivity contribution in [1.82, 2.24) is 10.6 Å². The summed E-state index contributed by atoms with van der Waals surface area (Å²) < 4.78 is 18.6. The van der Waals surface area contributed by atoms with Gasteiger partial charge in [0.15, 0.2) is 10.2 Å². The van der Waals surface area contributed by atoms with Gasteiger partial charge in [0.2, 0.25) is 0 Å². The lowest BCUT2D eigenvalue weighted by Gasteiger charge is -2.30. The topological polar surface area (TPSA) is 74.4 Å². The number of esters is 1. The van der Waals surface area contributed by atoms with E-state index in [2.05, 4.69) is 21.3 Å². The highest BCUT2D eigenvalue weighted by molar-refractivity contribution is 7.80. The zero-order chi connectivity index (χ0) is 22.5. The first-order valence-electron chi connectivity index (χ1n) is 9.68. The van der Waals surface area contributed by atoms with Crippen molar-refractivity contribution in [3.8, 4) is 0 Å². The fraction of sp³-hybridized carbons (Fsp3) is 0.227. The van der Waals surface area contributed by atoms with Gasteiger partial charge in [-0.3, -0.25) is 0 Å². The van der Waals surface area contributed by atoms with Gasteiger partial charge in [-0.15, -0.1) is 0 Å². The predicted molar refractivity (Wildman–Crippen MR) is 128 cm³/mol. The van der Waals surface area contributed by atoms with Crippen molar-refractivity contribution in [2.24, 2.45) is 0 Å². The smallest absolute Gasteiger partial charge is 0.338 e. The highest BCUT2D eigenvalue weighted by atomic mass is 32.1. The summed E-state index contributed by atoms with van der Waals surface area (Å²) in [5.41, 5.74) is 3.99. The van der Waals surface area contributed by atoms with Crippen LogP contribution >= 0.6 is 24.4 Å². The number of halogens is 1. The first-order chi connectivity index (χ1) is 14.8. The number of carbonyl (C=O) groups is 1. The first-order valence-corrected chi connectivity index (χ1v) is 10.5. The maximum Gasteiger partial charge on any atom is 0.338 e. The number of benzene rings is 2. The van der Waals surface area contributed by atoms with Gasteiger partial charge in [-0.1, -0.05) is 12.1 Å². The molecule has 9 heteroatoms. The molecular weight excluding hydrogens is 435 g/mol. The SMILES string of the molecule is CCOC(=O)C1=C(C)NC(=S)NC1c1ccc(NC(=S)Nc2ccc(F)c(C)c2)cc1. The Morgan fingerprint density at radius 1 is 1.13 bits per heavy atom. The maximum atomic E-state index is 13.4. The number of thiocarbonyl (C=S) groups is 2. The average molecular weight is 459 g/mol. The molecule has 0 spiro atoms. The molecule has 0 saturated heterocycles. The molecule has 0 fully saturated rings. The molecule has 0 saturated carbocycles. The summed E-state index contributed by atoms with van der Waals surface area (Å²) in [7, 11) is 0. The number of nitrogens with one attached hydrogen (secondary N) is 4. The number of carbonyl (C=O) groups excluding carboxylic acids is 1. The van der Waals surface area contributed by atoms with E-state index in [0.29, 0.717) is 32.7 Å². The minimum absolute atomic E-state index is 0.266. The largest absolute Gasteiger partial charge is 0.463 e. The minimum Gasteiger partial charge on any atom is -0.463 e. The van der Waals surface area contributed by atoms with Crippen LogP contribution in [0.25, 0.3) is 0 Å². The van der Waals surface area contributed by atoms with Gasteiger partial charge in [0.25, 0.3) is 0 Å². The Morgan fingerprint density at radius 2 is 1.77 bits per heavy atom. The molecule has 0 radical (unpaired) electrons. The third-order valence-corrected chi connectivity index (χ3v) is 5.11. The fourth-order valence-corrected chi connectivity index (χ4v) is 3.70. The summed E-state index contributed by atoms with van der Waals surface area (Å²) in [4.78, 5) is 12.5. The van der Waals surface area contributed by atoms with Crippen LogP contribution in [-0.2, 0) is 9.53 Å². The Kier molecular flexibility index (Phi) is 7.19. The van der Waals surface area contributed by atoms with Crippen LogP contribution in [0.1, 0.15) is 31.0 Å². The lowest BCUT2D eigenvalue weighted by Crippen LogP contribution is -2.45. The van der Waals surface area contributed by atoms with Gasteiger partial charge in [-0.2, -0.15) is 0 Å². The van der Waals surface area contributed by atoms with Crippen molar-refractivity contribution >= 4 is 52.0 Å². The maximum absolute atomic E-state index is 13.4. The van der Waals surface area contributed by atoms with Crippen LogP contribution in [0.4, 0.5) is 15.8 Å². The fourth-order valence-electron chi connectivity index (χ4n) is 3.20. The van der Waals surface area contributed by atoms with Crippen molar-refractivity contribution in [1.29, 1.82) is 0 Å². The molecule has 1 atom stereocenters. The Labute approximate surface area is 191 Å². The molecule has 2 aromatic carbocycles.